The van der Waals surface area contributed by atoms with E-state index in [0.717, 1.165) is 5.69 Å². The number of aryl methyl sites for hydroxylation is 1. The Labute approximate surface area is 107 Å². The Morgan fingerprint density at radius 3 is 2.83 bits per heavy atom. The third-order valence-electron chi connectivity index (χ3n) is 2.25. The van der Waals surface area contributed by atoms with Crippen molar-refractivity contribution in [2.45, 2.75) is 20.4 Å². The van der Waals surface area contributed by atoms with E-state index in [-0.39, 0.29) is 5.91 Å². The van der Waals surface area contributed by atoms with Gasteiger partial charge in [-0.2, -0.15) is 0 Å². The van der Waals surface area contributed by atoms with Gasteiger partial charge in [0.15, 0.2) is 0 Å². The van der Waals surface area contributed by atoms with Crippen LogP contribution in [0.4, 0.5) is 5.82 Å². The van der Waals surface area contributed by atoms with Crippen LogP contribution in [0.3, 0.4) is 0 Å². The van der Waals surface area contributed by atoms with Gasteiger partial charge in [-0.15, -0.1) is 0 Å². The first kappa shape index (κ1) is 14.3. The van der Waals surface area contributed by atoms with E-state index in [9.17, 15) is 4.79 Å². The van der Waals surface area contributed by atoms with Gasteiger partial charge in [-0.3, -0.25) is 9.69 Å². The van der Waals surface area contributed by atoms with Crippen LogP contribution in [0.5, 0.6) is 0 Å². The van der Waals surface area contributed by atoms with Gasteiger partial charge >= 0.3 is 0 Å². The molecule has 4 N–H and O–H groups in total. The molecule has 7 heteroatoms. The highest BCUT2D eigenvalue weighted by atomic mass is 16.1. The molecule has 0 spiro atoms. The minimum atomic E-state index is -0.00942. The van der Waals surface area contributed by atoms with Crippen LogP contribution in [0.1, 0.15) is 18.4 Å². The lowest BCUT2D eigenvalue weighted by Gasteiger charge is -2.15. The van der Waals surface area contributed by atoms with Crippen molar-refractivity contribution in [3.05, 3.63) is 17.6 Å². The van der Waals surface area contributed by atoms with E-state index in [4.69, 9.17) is 5.84 Å². The summed E-state index contributed by atoms with van der Waals surface area (Å²) in [7, 11) is 1.84. The second-order valence-electron chi connectivity index (χ2n) is 4.08. The quantitative estimate of drug-likeness (QED) is 0.472. The molecule has 18 heavy (non-hydrogen) atoms. The number of nitrogens with zero attached hydrogens (tertiary/aromatic N) is 3. The van der Waals surface area contributed by atoms with Crippen molar-refractivity contribution in [3.63, 3.8) is 0 Å². The zero-order chi connectivity index (χ0) is 13.5. The molecule has 0 unspecified atom stereocenters. The molecule has 1 aromatic heterocycles. The number of aromatic nitrogens is 2. The van der Waals surface area contributed by atoms with Crippen molar-refractivity contribution in [2.75, 3.05) is 25.6 Å². The van der Waals surface area contributed by atoms with Crippen LogP contribution in [0.2, 0.25) is 0 Å². The van der Waals surface area contributed by atoms with Gasteiger partial charge in [-0.05, 0) is 20.9 Å². The van der Waals surface area contributed by atoms with Gasteiger partial charge in [0.25, 0.3) is 0 Å². The van der Waals surface area contributed by atoms with Gasteiger partial charge in [0.1, 0.15) is 11.6 Å². The maximum Gasteiger partial charge on any atom is 0.234 e. The largest absolute Gasteiger partial charge is 0.355 e. The number of amides is 1. The summed E-state index contributed by atoms with van der Waals surface area (Å²) < 4.78 is 0. The molecule has 1 amide bonds. The average molecular weight is 252 g/mol. The number of nitrogen functional groups attached to an aromatic ring is 1. The summed E-state index contributed by atoms with van der Waals surface area (Å²) in [4.78, 5) is 21.8. The molecule has 1 aromatic rings. The first-order valence-electron chi connectivity index (χ1n) is 5.81. The summed E-state index contributed by atoms with van der Waals surface area (Å²) >= 11 is 0. The van der Waals surface area contributed by atoms with Gasteiger partial charge in [0, 0.05) is 18.3 Å². The number of hydrogen-bond acceptors (Lipinski definition) is 6. The summed E-state index contributed by atoms with van der Waals surface area (Å²) in [6.45, 7) is 5.20. The predicted octanol–water partition coefficient (Wildman–Crippen LogP) is -0.361. The van der Waals surface area contributed by atoms with Crippen molar-refractivity contribution in [2.24, 2.45) is 5.84 Å². The fraction of sp³-hybridized carbons (Fsp3) is 0.545. The first-order valence-corrected chi connectivity index (χ1v) is 5.81. The predicted molar refractivity (Wildman–Crippen MR) is 69.6 cm³/mol. The minimum absolute atomic E-state index is 0.00942. The SMILES string of the molecule is CCNC(=O)CN(C)Cc1nc(C)cc(NN)n1. The smallest absolute Gasteiger partial charge is 0.234 e. The fourth-order valence-corrected chi connectivity index (χ4v) is 1.57. The Kier molecular flexibility index (Phi) is 5.47. The van der Waals surface area contributed by atoms with Crippen LogP contribution in [0.25, 0.3) is 0 Å². The van der Waals surface area contributed by atoms with Gasteiger partial charge in [-0.1, -0.05) is 0 Å². The van der Waals surface area contributed by atoms with Crippen molar-refractivity contribution in [3.8, 4) is 0 Å². The van der Waals surface area contributed by atoms with Crippen LogP contribution in [0, 0.1) is 6.92 Å². The number of carbonyl (C=O) groups excluding carboxylic acids is 1. The summed E-state index contributed by atoms with van der Waals surface area (Å²) in [5.74, 6) is 6.52. The Balaban J connectivity index is 2.61. The van der Waals surface area contributed by atoms with E-state index < -0.39 is 0 Å². The molecule has 1 rings (SSSR count). The molecular formula is C11H20N6O. The molecule has 0 atom stereocenters. The third-order valence-corrected chi connectivity index (χ3v) is 2.25. The average Bonchev–Trinajstić information content (AvgIpc) is 2.27. The molecule has 0 saturated carbocycles. The van der Waals surface area contributed by atoms with Crippen molar-refractivity contribution in [1.29, 1.82) is 0 Å². The lowest BCUT2D eigenvalue weighted by atomic mass is 10.4. The zero-order valence-electron chi connectivity index (χ0n) is 11.0. The number of nitrogens with one attached hydrogen (secondary N) is 2. The monoisotopic (exact) mass is 252 g/mol. The van der Waals surface area contributed by atoms with Crippen LogP contribution in [-0.2, 0) is 11.3 Å². The second-order valence-corrected chi connectivity index (χ2v) is 4.08. The second kappa shape index (κ2) is 6.87. The number of likely N-dealkylation sites (N-methyl/N-ethyl adjacent to an activating group) is 2. The van der Waals surface area contributed by atoms with Crippen LogP contribution < -0.4 is 16.6 Å². The topological polar surface area (TPSA) is 96.2 Å². The van der Waals surface area contributed by atoms with Crippen molar-refractivity contribution < 1.29 is 4.79 Å². The number of hydrazine groups is 1. The van der Waals surface area contributed by atoms with E-state index in [2.05, 4.69) is 20.7 Å². The van der Waals surface area contributed by atoms with Crippen LogP contribution in [-0.4, -0.2) is 40.9 Å². The molecule has 0 aliphatic carbocycles. The Morgan fingerprint density at radius 2 is 2.22 bits per heavy atom. The number of nitrogens with two attached hydrogens (primary N) is 1. The molecule has 0 saturated heterocycles. The molecule has 7 nitrogen and oxygen atoms in total. The lowest BCUT2D eigenvalue weighted by Crippen LogP contribution is -2.35. The number of hydrogen-bond donors (Lipinski definition) is 3. The highest BCUT2D eigenvalue weighted by Gasteiger charge is 2.09. The van der Waals surface area contributed by atoms with E-state index in [1.165, 1.54) is 0 Å². The number of rotatable bonds is 6. The van der Waals surface area contributed by atoms with Gasteiger partial charge in [-0.25, -0.2) is 15.8 Å². The minimum Gasteiger partial charge on any atom is -0.355 e. The highest BCUT2D eigenvalue weighted by Crippen LogP contribution is 2.06. The summed E-state index contributed by atoms with van der Waals surface area (Å²) in [5.41, 5.74) is 3.33. The fourth-order valence-electron chi connectivity index (χ4n) is 1.57. The maximum atomic E-state index is 11.4. The number of anilines is 1. The molecule has 0 bridgehead atoms. The Hall–Kier alpha value is -1.73. The normalized spacial score (nSPS) is 10.5. The molecule has 0 radical (unpaired) electrons. The molecule has 0 aliphatic rings. The number of carbonyl (C=O) groups is 1. The summed E-state index contributed by atoms with van der Waals surface area (Å²) in [6.07, 6.45) is 0. The van der Waals surface area contributed by atoms with Crippen molar-refractivity contribution >= 4 is 11.7 Å². The molecule has 0 aromatic carbocycles. The Bertz CT molecular complexity index is 409. The third kappa shape index (κ3) is 4.64. The Morgan fingerprint density at radius 1 is 1.50 bits per heavy atom. The van der Waals surface area contributed by atoms with Crippen molar-refractivity contribution in [1.82, 2.24) is 20.2 Å². The van der Waals surface area contributed by atoms with E-state index in [1.54, 1.807) is 6.07 Å². The zero-order valence-corrected chi connectivity index (χ0v) is 11.0. The summed E-state index contributed by atoms with van der Waals surface area (Å²) in [6, 6.07) is 1.76. The van der Waals surface area contributed by atoms with Gasteiger partial charge in [0.2, 0.25) is 5.91 Å². The van der Waals surface area contributed by atoms with E-state index in [0.29, 0.717) is 31.3 Å². The maximum absolute atomic E-state index is 11.4. The van der Waals surface area contributed by atoms with Gasteiger partial charge < -0.3 is 10.7 Å². The van der Waals surface area contributed by atoms with Crippen LogP contribution >= 0.6 is 0 Å². The molecule has 0 fully saturated rings. The van der Waals surface area contributed by atoms with Crippen LogP contribution in [0.15, 0.2) is 6.07 Å². The molecule has 0 aliphatic heterocycles. The highest BCUT2D eigenvalue weighted by molar-refractivity contribution is 5.77. The first-order chi connectivity index (χ1) is 8.55. The lowest BCUT2D eigenvalue weighted by molar-refractivity contribution is -0.121. The molecule has 100 valence electrons. The standard InChI is InChI=1S/C11H20N6O/c1-4-13-11(18)7-17(3)6-10-14-8(2)5-9(15-10)16-12/h5H,4,6-7,12H2,1-3H3,(H,13,18)(H,14,15,16). The van der Waals surface area contributed by atoms with Gasteiger partial charge in [0.05, 0.1) is 13.1 Å². The molecular weight excluding hydrogens is 232 g/mol. The van der Waals surface area contributed by atoms with E-state index in [1.807, 2.05) is 25.8 Å². The van der Waals surface area contributed by atoms with E-state index >= 15 is 0 Å². The summed E-state index contributed by atoms with van der Waals surface area (Å²) in [5, 5.41) is 2.74. The molecule has 1 heterocycles.